The molecule has 9 heteroatoms. The van der Waals surface area contributed by atoms with Gasteiger partial charge in [-0.15, -0.1) is 10.2 Å². The molecule has 2 atom stereocenters. The molecule has 1 aromatic heterocycles. The van der Waals surface area contributed by atoms with Gasteiger partial charge in [0, 0.05) is 24.0 Å². The van der Waals surface area contributed by atoms with Crippen LogP contribution in [0, 0.1) is 0 Å². The predicted octanol–water partition coefficient (Wildman–Crippen LogP) is 4.73. The van der Waals surface area contributed by atoms with E-state index in [0.29, 0.717) is 17.4 Å². The van der Waals surface area contributed by atoms with Gasteiger partial charge in [0.1, 0.15) is 0 Å². The highest BCUT2D eigenvalue weighted by Gasteiger charge is 2.27. The number of aliphatic hydroxyl groups is 1. The summed E-state index contributed by atoms with van der Waals surface area (Å²) in [5, 5.41) is 28.0. The SMILES string of the molecule is C[C@H](NC(=O)N(Cc1ccc([C@@H](O)Cc2nn[nH]n2)cc1)C1CCCCC1)c1ccc(Cl)cc1. The number of H-pyrrole nitrogens is 1. The Hall–Kier alpha value is -2.97. The van der Waals surface area contributed by atoms with Gasteiger partial charge in [-0.2, -0.15) is 5.21 Å². The van der Waals surface area contributed by atoms with Crippen molar-refractivity contribution in [1.29, 1.82) is 0 Å². The minimum absolute atomic E-state index is 0.0597. The molecule has 1 aliphatic carbocycles. The third-order valence-corrected chi connectivity index (χ3v) is 6.72. The molecule has 3 N–H and O–H groups in total. The summed E-state index contributed by atoms with van der Waals surface area (Å²) in [6.45, 7) is 2.51. The minimum Gasteiger partial charge on any atom is -0.388 e. The summed E-state index contributed by atoms with van der Waals surface area (Å²) in [7, 11) is 0. The molecule has 180 valence electrons. The molecular weight excluding hydrogens is 452 g/mol. The van der Waals surface area contributed by atoms with Crippen molar-refractivity contribution >= 4 is 17.6 Å². The largest absolute Gasteiger partial charge is 0.388 e. The molecule has 3 aromatic rings. The van der Waals surface area contributed by atoms with Crippen LogP contribution >= 0.6 is 11.6 Å². The van der Waals surface area contributed by atoms with Crippen LogP contribution in [0.4, 0.5) is 4.79 Å². The lowest BCUT2D eigenvalue weighted by Gasteiger charge is -2.35. The van der Waals surface area contributed by atoms with Gasteiger partial charge in [0.05, 0.1) is 12.1 Å². The van der Waals surface area contributed by atoms with Crippen LogP contribution in [-0.2, 0) is 13.0 Å². The van der Waals surface area contributed by atoms with E-state index in [2.05, 4.69) is 25.9 Å². The second-order valence-electron chi connectivity index (χ2n) is 8.93. The first-order valence-electron chi connectivity index (χ1n) is 11.8. The number of tetrazole rings is 1. The van der Waals surface area contributed by atoms with Crippen molar-refractivity contribution in [3.8, 4) is 0 Å². The fourth-order valence-corrected chi connectivity index (χ4v) is 4.59. The van der Waals surface area contributed by atoms with E-state index in [0.717, 1.165) is 42.4 Å². The molecule has 8 nitrogen and oxygen atoms in total. The Morgan fingerprint density at radius 2 is 1.79 bits per heavy atom. The minimum atomic E-state index is -0.718. The monoisotopic (exact) mass is 482 g/mol. The van der Waals surface area contributed by atoms with Crippen molar-refractivity contribution in [2.45, 2.75) is 70.2 Å². The topological polar surface area (TPSA) is 107 Å². The van der Waals surface area contributed by atoms with Crippen LogP contribution in [0.2, 0.25) is 5.02 Å². The lowest BCUT2D eigenvalue weighted by Crippen LogP contribution is -2.47. The Balaban J connectivity index is 1.44. The summed E-state index contributed by atoms with van der Waals surface area (Å²) in [5.41, 5.74) is 2.82. The maximum atomic E-state index is 13.4. The van der Waals surface area contributed by atoms with Crippen molar-refractivity contribution in [1.82, 2.24) is 30.8 Å². The second-order valence-corrected chi connectivity index (χ2v) is 9.37. The number of urea groups is 1. The van der Waals surface area contributed by atoms with Crippen LogP contribution in [0.3, 0.4) is 0 Å². The van der Waals surface area contributed by atoms with Gasteiger partial charge in [-0.1, -0.05) is 72.5 Å². The number of hydrogen-bond donors (Lipinski definition) is 3. The number of amides is 2. The Labute approximate surface area is 204 Å². The Morgan fingerprint density at radius 1 is 1.12 bits per heavy atom. The van der Waals surface area contributed by atoms with Crippen LogP contribution in [0.5, 0.6) is 0 Å². The summed E-state index contributed by atoms with van der Waals surface area (Å²) in [5.74, 6) is 0.464. The number of carbonyl (C=O) groups excluding carboxylic acids is 1. The molecule has 0 unspecified atom stereocenters. The van der Waals surface area contributed by atoms with E-state index in [1.807, 2.05) is 60.4 Å². The molecule has 1 heterocycles. The van der Waals surface area contributed by atoms with Crippen LogP contribution < -0.4 is 5.32 Å². The van der Waals surface area contributed by atoms with Crippen molar-refractivity contribution in [2.75, 3.05) is 0 Å². The second kappa shape index (κ2) is 11.4. The first-order chi connectivity index (χ1) is 16.5. The highest BCUT2D eigenvalue weighted by Crippen LogP contribution is 2.26. The zero-order valence-electron chi connectivity index (χ0n) is 19.3. The summed E-state index contributed by atoms with van der Waals surface area (Å²) in [6.07, 6.45) is 5.11. The summed E-state index contributed by atoms with van der Waals surface area (Å²) in [6, 6.07) is 15.3. The van der Waals surface area contributed by atoms with Crippen molar-refractivity contribution in [2.24, 2.45) is 0 Å². The molecule has 2 aromatic carbocycles. The maximum Gasteiger partial charge on any atom is 0.318 e. The van der Waals surface area contributed by atoms with Gasteiger partial charge in [0.2, 0.25) is 0 Å². The van der Waals surface area contributed by atoms with E-state index in [9.17, 15) is 9.90 Å². The first kappa shape index (κ1) is 24.2. The third-order valence-electron chi connectivity index (χ3n) is 6.47. The molecule has 0 spiro atoms. The zero-order chi connectivity index (χ0) is 23.9. The molecule has 0 radical (unpaired) electrons. The van der Waals surface area contributed by atoms with Crippen molar-refractivity contribution in [3.05, 3.63) is 76.1 Å². The molecule has 0 bridgehead atoms. The third kappa shape index (κ3) is 6.33. The fourth-order valence-electron chi connectivity index (χ4n) is 4.46. The lowest BCUT2D eigenvalue weighted by atomic mass is 9.94. The Kier molecular flexibility index (Phi) is 8.13. The van der Waals surface area contributed by atoms with E-state index in [4.69, 9.17) is 11.6 Å². The Morgan fingerprint density at radius 3 is 2.44 bits per heavy atom. The fraction of sp³-hybridized carbons (Fsp3) is 0.440. The molecule has 34 heavy (non-hydrogen) atoms. The summed E-state index contributed by atoms with van der Waals surface area (Å²) >= 11 is 6.01. The van der Waals surface area contributed by atoms with E-state index in [-0.39, 0.29) is 24.5 Å². The van der Waals surface area contributed by atoms with Crippen LogP contribution in [0.25, 0.3) is 0 Å². The highest BCUT2D eigenvalue weighted by atomic mass is 35.5. The van der Waals surface area contributed by atoms with Gasteiger partial charge in [-0.05, 0) is 48.6 Å². The van der Waals surface area contributed by atoms with Gasteiger partial charge in [-0.3, -0.25) is 0 Å². The molecule has 1 aliphatic rings. The summed E-state index contributed by atoms with van der Waals surface area (Å²) < 4.78 is 0. The van der Waals surface area contributed by atoms with Crippen molar-refractivity contribution in [3.63, 3.8) is 0 Å². The van der Waals surface area contributed by atoms with E-state index < -0.39 is 6.10 Å². The number of nitrogens with one attached hydrogen (secondary N) is 2. The van der Waals surface area contributed by atoms with Gasteiger partial charge in [-0.25, -0.2) is 4.79 Å². The van der Waals surface area contributed by atoms with Gasteiger partial charge >= 0.3 is 6.03 Å². The molecule has 0 aliphatic heterocycles. The van der Waals surface area contributed by atoms with Crippen LogP contribution in [0.15, 0.2) is 48.5 Å². The number of hydrogen-bond acceptors (Lipinski definition) is 5. The highest BCUT2D eigenvalue weighted by molar-refractivity contribution is 6.30. The number of rotatable bonds is 8. The van der Waals surface area contributed by atoms with E-state index >= 15 is 0 Å². The van der Waals surface area contributed by atoms with Gasteiger partial charge < -0.3 is 15.3 Å². The first-order valence-corrected chi connectivity index (χ1v) is 12.2. The smallest absolute Gasteiger partial charge is 0.318 e. The standard InChI is InChI=1S/C25H31ClN6O2/c1-17(19-11-13-21(26)14-12-19)27-25(34)32(22-5-3-2-4-6-22)16-18-7-9-20(10-8-18)23(33)15-24-28-30-31-29-24/h7-14,17,22-23,33H,2-6,15-16H2,1H3,(H,27,34)(H,28,29,30,31)/t17-,23-/m0/s1. The lowest BCUT2D eigenvalue weighted by molar-refractivity contribution is 0.148. The molecule has 1 fully saturated rings. The number of aromatic nitrogens is 4. The van der Waals surface area contributed by atoms with Crippen molar-refractivity contribution < 1.29 is 9.90 Å². The molecule has 0 saturated heterocycles. The van der Waals surface area contributed by atoms with E-state index in [1.54, 1.807) is 0 Å². The molecule has 1 saturated carbocycles. The number of benzene rings is 2. The number of aromatic amines is 1. The van der Waals surface area contributed by atoms with Crippen LogP contribution in [0.1, 0.15) is 73.7 Å². The van der Waals surface area contributed by atoms with Gasteiger partial charge in [0.25, 0.3) is 0 Å². The number of carbonyl (C=O) groups is 1. The Bertz CT molecular complexity index is 1040. The number of halogens is 1. The number of aliphatic hydroxyl groups excluding tert-OH is 1. The number of nitrogens with zero attached hydrogens (tertiary/aromatic N) is 4. The average molecular weight is 483 g/mol. The van der Waals surface area contributed by atoms with E-state index in [1.165, 1.54) is 6.42 Å². The zero-order valence-corrected chi connectivity index (χ0v) is 20.1. The summed E-state index contributed by atoms with van der Waals surface area (Å²) in [4.78, 5) is 15.3. The molecule has 4 rings (SSSR count). The van der Waals surface area contributed by atoms with Crippen LogP contribution in [-0.4, -0.2) is 42.7 Å². The predicted molar refractivity (Wildman–Crippen MR) is 130 cm³/mol. The molecule has 2 amide bonds. The normalized spacial score (nSPS) is 16.1. The molecular formula is C25H31ClN6O2. The average Bonchev–Trinajstić information content (AvgIpc) is 3.36. The quantitative estimate of drug-likeness (QED) is 0.430. The van der Waals surface area contributed by atoms with Gasteiger partial charge in [0.15, 0.2) is 5.82 Å². The maximum absolute atomic E-state index is 13.4.